The van der Waals surface area contributed by atoms with Gasteiger partial charge in [-0.1, -0.05) is 48.5 Å². The van der Waals surface area contributed by atoms with Crippen LogP contribution in [0.3, 0.4) is 0 Å². The van der Waals surface area contributed by atoms with Crippen molar-refractivity contribution in [2.24, 2.45) is 0 Å². The van der Waals surface area contributed by atoms with Gasteiger partial charge in [-0.3, -0.25) is 4.79 Å². The number of aromatic nitrogens is 4. The highest BCUT2D eigenvalue weighted by atomic mass is 16.5. The molecule has 0 bridgehead atoms. The van der Waals surface area contributed by atoms with E-state index in [0.29, 0.717) is 17.2 Å². The number of aryl methyl sites for hydroxylation is 2. The quantitative estimate of drug-likeness (QED) is 0.521. The van der Waals surface area contributed by atoms with E-state index in [1.165, 1.54) is 4.40 Å². The molecule has 0 aliphatic rings. The second kappa shape index (κ2) is 8.53. The number of fused-ring (bicyclic) bond motifs is 1. The van der Waals surface area contributed by atoms with Gasteiger partial charge < -0.3 is 10.1 Å². The van der Waals surface area contributed by atoms with Crippen molar-refractivity contribution in [2.75, 3.05) is 12.4 Å². The van der Waals surface area contributed by atoms with E-state index in [4.69, 9.17) is 4.74 Å². The number of carbonyl (C=O) groups excluding carboxylic acids is 1. The van der Waals surface area contributed by atoms with Crippen molar-refractivity contribution >= 4 is 17.2 Å². The van der Waals surface area contributed by atoms with Crippen molar-refractivity contribution in [1.29, 1.82) is 0 Å². The molecule has 0 aliphatic heterocycles. The summed E-state index contributed by atoms with van der Waals surface area (Å²) in [6.07, 6.45) is 0. The van der Waals surface area contributed by atoms with Gasteiger partial charge >= 0.3 is 5.69 Å². The molecule has 0 atom stereocenters. The first-order valence-electron chi connectivity index (χ1n) is 9.88. The van der Waals surface area contributed by atoms with Crippen LogP contribution in [0.2, 0.25) is 0 Å². The summed E-state index contributed by atoms with van der Waals surface area (Å²) in [6.45, 7) is 3.93. The number of hydrogen-bond acceptors (Lipinski definition) is 5. The molecule has 1 amide bonds. The topological polar surface area (TPSA) is 90.5 Å². The second-order valence-corrected chi connectivity index (χ2v) is 7.32. The highest BCUT2D eigenvalue weighted by molar-refractivity contribution is 5.92. The highest BCUT2D eigenvalue weighted by Crippen LogP contribution is 2.20. The van der Waals surface area contributed by atoms with Gasteiger partial charge in [0.1, 0.15) is 12.4 Å². The summed E-state index contributed by atoms with van der Waals surface area (Å²) in [6, 6.07) is 16.9. The van der Waals surface area contributed by atoms with Gasteiger partial charge in [0.15, 0.2) is 5.65 Å². The zero-order chi connectivity index (χ0) is 22.0. The van der Waals surface area contributed by atoms with Crippen LogP contribution in [0.15, 0.2) is 59.4 Å². The molecule has 2 aromatic carbocycles. The van der Waals surface area contributed by atoms with Gasteiger partial charge in [-0.25, -0.2) is 18.9 Å². The lowest BCUT2D eigenvalue weighted by molar-refractivity contribution is -0.117. The third-order valence-electron chi connectivity index (χ3n) is 4.98. The molecule has 0 radical (unpaired) electrons. The summed E-state index contributed by atoms with van der Waals surface area (Å²) in [5, 5.41) is 7.27. The number of nitrogens with one attached hydrogen (secondary N) is 1. The summed E-state index contributed by atoms with van der Waals surface area (Å²) in [4.78, 5) is 30.4. The standard InChI is InChI=1S/C23H23N5O3/c1-15-8-7-9-16(2)21(15)25-20(29)13-27-23(30)28-19(26-27)12-18(14-31-3)24-22(28)17-10-5-4-6-11-17/h4-12H,13-14H2,1-3H3,(H,25,29). The van der Waals surface area contributed by atoms with E-state index in [-0.39, 0.29) is 19.1 Å². The van der Waals surface area contributed by atoms with Gasteiger partial charge in [-0.15, -0.1) is 5.10 Å². The zero-order valence-corrected chi connectivity index (χ0v) is 17.6. The van der Waals surface area contributed by atoms with Crippen molar-refractivity contribution < 1.29 is 9.53 Å². The molecule has 4 aromatic rings. The first kappa shape index (κ1) is 20.5. The Balaban J connectivity index is 1.73. The number of nitrogens with zero attached hydrogens (tertiary/aromatic N) is 4. The fourth-order valence-electron chi connectivity index (χ4n) is 3.52. The maximum atomic E-state index is 13.1. The molecule has 31 heavy (non-hydrogen) atoms. The van der Waals surface area contributed by atoms with Crippen molar-refractivity contribution in [3.05, 3.63) is 81.9 Å². The molecule has 8 heteroatoms. The number of hydrogen-bond donors (Lipinski definition) is 1. The van der Waals surface area contributed by atoms with E-state index in [9.17, 15) is 9.59 Å². The first-order valence-corrected chi connectivity index (χ1v) is 9.88. The van der Waals surface area contributed by atoms with E-state index < -0.39 is 5.69 Å². The Labute approximate surface area is 179 Å². The normalized spacial score (nSPS) is 11.1. The molecule has 0 fully saturated rings. The van der Waals surface area contributed by atoms with Crippen LogP contribution in [0.5, 0.6) is 0 Å². The molecule has 4 rings (SSSR count). The highest BCUT2D eigenvalue weighted by Gasteiger charge is 2.17. The van der Waals surface area contributed by atoms with Crippen LogP contribution in [0.25, 0.3) is 17.0 Å². The smallest absolute Gasteiger partial charge is 0.352 e. The molecule has 0 saturated heterocycles. The average molecular weight is 417 g/mol. The molecule has 0 saturated carbocycles. The van der Waals surface area contributed by atoms with Crippen molar-refractivity contribution in [3.8, 4) is 11.4 Å². The lowest BCUT2D eigenvalue weighted by Gasteiger charge is -2.11. The minimum atomic E-state index is -0.429. The summed E-state index contributed by atoms with van der Waals surface area (Å²) in [7, 11) is 1.58. The fraction of sp³-hybridized carbons (Fsp3) is 0.217. The molecule has 158 valence electrons. The third kappa shape index (κ3) is 4.10. The molecule has 0 aliphatic carbocycles. The summed E-state index contributed by atoms with van der Waals surface area (Å²) >= 11 is 0. The van der Waals surface area contributed by atoms with E-state index >= 15 is 0 Å². The van der Waals surface area contributed by atoms with E-state index in [2.05, 4.69) is 15.4 Å². The SMILES string of the molecule is COCc1cc2nn(CC(=O)Nc3c(C)cccc3C)c(=O)n2c(-c2ccccc2)n1. The molecule has 2 heterocycles. The molecule has 1 N–H and O–H groups in total. The van der Waals surface area contributed by atoms with E-state index in [1.807, 2.05) is 62.4 Å². The zero-order valence-electron chi connectivity index (χ0n) is 17.6. The number of anilines is 1. The maximum Gasteiger partial charge on any atom is 0.352 e. The van der Waals surface area contributed by atoms with Crippen LogP contribution in [0, 0.1) is 13.8 Å². The number of rotatable bonds is 6. The Morgan fingerprint density at radius 2 is 1.77 bits per heavy atom. The minimum Gasteiger partial charge on any atom is -0.378 e. The van der Waals surface area contributed by atoms with Gasteiger partial charge in [-0.2, -0.15) is 0 Å². The Hall–Kier alpha value is -3.78. The van der Waals surface area contributed by atoms with Gasteiger partial charge in [0.05, 0.1) is 12.3 Å². The molecule has 0 spiro atoms. The predicted octanol–water partition coefficient (Wildman–Crippen LogP) is 2.96. The molecular formula is C23H23N5O3. The largest absolute Gasteiger partial charge is 0.378 e. The molecule has 0 unspecified atom stereocenters. The monoisotopic (exact) mass is 417 g/mol. The number of carbonyl (C=O) groups is 1. The van der Waals surface area contributed by atoms with E-state index in [0.717, 1.165) is 27.1 Å². The molecule has 2 aromatic heterocycles. The lowest BCUT2D eigenvalue weighted by atomic mass is 10.1. The summed E-state index contributed by atoms with van der Waals surface area (Å²) < 4.78 is 7.78. The van der Waals surface area contributed by atoms with Gasteiger partial charge in [-0.05, 0) is 25.0 Å². The second-order valence-electron chi connectivity index (χ2n) is 7.32. The summed E-state index contributed by atoms with van der Waals surface area (Å²) in [5.74, 6) is 0.130. The minimum absolute atomic E-state index is 0.206. The fourth-order valence-corrected chi connectivity index (χ4v) is 3.52. The van der Waals surface area contributed by atoms with E-state index in [1.54, 1.807) is 13.2 Å². The van der Waals surface area contributed by atoms with Crippen molar-refractivity contribution in [3.63, 3.8) is 0 Å². The van der Waals surface area contributed by atoms with Crippen LogP contribution >= 0.6 is 0 Å². The van der Waals surface area contributed by atoms with Crippen LogP contribution in [-0.2, 0) is 22.7 Å². The Kier molecular flexibility index (Phi) is 5.64. The van der Waals surface area contributed by atoms with Gasteiger partial charge in [0, 0.05) is 24.4 Å². The lowest BCUT2D eigenvalue weighted by Crippen LogP contribution is -2.29. The Morgan fingerprint density at radius 1 is 1.06 bits per heavy atom. The first-order chi connectivity index (χ1) is 15.0. The molecular weight excluding hydrogens is 394 g/mol. The molecule has 8 nitrogen and oxygen atoms in total. The maximum absolute atomic E-state index is 13.1. The third-order valence-corrected chi connectivity index (χ3v) is 4.98. The van der Waals surface area contributed by atoms with Gasteiger partial charge in [0.2, 0.25) is 5.91 Å². The number of methoxy groups -OCH3 is 1. The number of ether oxygens (including phenoxy) is 1. The Bertz CT molecular complexity index is 1290. The van der Waals surface area contributed by atoms with Crippen molar-refractivity contribution in [1.82, 2.24) is 19.2 Å². The Morgan fingerprint density at radius 3 is 2.45 bits per heavy atom. The number of amides is 1. The summed E-state index contributed by atoms with van der Waals surface area (Å²) in [5.41, 5.74) is 4.05. The van der Waals surface area contributed by atoms with Gasteiger partial charge in [0.25, 0.3) is 0 Å². The van der Waals surface area contributed by atoms with Crippen LogP contribution in [0.1, 0.15) is 16.8 Å². The number of benzene rings is 2. The van der Waals surface area contributed by atoms with Crippen LogP contribution < -0.4 is 11.0 Å². The van der Waals surface area contributed by atoms with Crippen LogP contribution in [0.4, 0.5) is 5.69 Å². The van der Waals surface area contributed by atoms with Crippen LogP contribution in [-0.4, -0.2) is 32.2 Å². The average Bonchev–Trinajstić information content (AvgIpc) is 3.06. The predicted molar refractivity (Wildman–Crippen MR) is 118 cm³/mol. The van der Waals surface area contributed by atoms with Crippen molar-refractivity contribution in [2.45, 2.75) is 27.0 Å². The number of para-hydroxylation sites is 1.